The predicted octanol–water partition coefficient (Wildman–Crippen LogP) is 2.70. The van der Waals surface area contributed by atoms with Gasteiger partial charge in [0.15, 0.2) is 0 Å². The van der Waals surface area contributed by atoms with Gasteiger partial charge in [-0.15, -0.1) is 0 Å². The van der Waals surface area contributed by atoms with E-state index in [1.807, 2.05) is 13.0 Å². The zero-order chi connectivity index (χ0) is 14.4. The number of aromatic nitrogens is 2. The highest BCUT2D eigenvalue weighted by atomic mass is 16.5. The van der Waals surface area contributed by atoms with E-state index < -0.39 is 0 Å². The molecule has 0 radical (unpaired) electrons. The van der Waals surface area contributed by atoms with Gasteiger partial charge >= 0.3 is 0 Å². The van der Waals surface area contributed by atoms with E-state index in [4.69, 9.17) is 4.74 Å². The molecule has 2 aromatic rings. The second-order valence-electron chi connectivity index (χ2n) is 4.56. The number of methoxy groups -OCH3 is 1. The molecule has 0 aliphatic heterocycles. The first kappa shape index (κ1) is 14.2. The Hall–Kier alpha value is -2.20. The Morgan fingerprint density at radius 2 is 2.25 bits per heavy atom. The monoisotopic (exact) mass is 269 g/mol. The number of benzene rings is 1. The molecule has 0 atom stereocenters. The molecule has 1 heterocycles. The molecular weight excluding hydrogens is 250 g/mol. The van der Waals surface area contributed by atoms with Gasteiger partial charge in [0, 0.05) is 30.4 Å². The maximum atomic E-state index is 4.98. The molecule has 1 N–H and O–H groups in total. The number of hydrogen-bond acceptors (Lipinski definition) is 4. The van der Waals surface area contributed by atoms with Gasteiger partial charge in [0.1, 0.15) is 6.33 Å². The van der Waals surface area contributed by atoms with Gasteiger partial charge in [-0.2, -0.15) is 0 Å². The van der Waals surface area contributed by atoms with E-state index in [0.29, 0.717) is 6.61 Å². The molecule has 20 heavy (non-hydrogen) atoms. The van der Waals surface area contributed by atoms with Gasteiger partial charge in [-0.25, -0.2) is 9.97 Å². The fraction of sp³-hybridized carbons (Fsp3) is 0.250. The molecule has 0 aliphatic rings. The SMILES string of the molecule is C=C(COC)NC/C=C/c1ccc2ncnc(C)c2c1. The van der Waals surface area contributed by atoms with Gasteiger partial charge in [-0.05, 0) is 24.6 Å². The van der Waals surface area contributed by atoms with Gasteiger partial charge in [0.25, 0.3) is 0 Å². The smallest absolute Gasteiger partial charge is 0.116 e. The van der Waals surface area contributed by atoms with Crippen LogP contribution in [-0.2, 0) is 4.74 Å². The fourth-order valence-electron chi connectivity index (χ4n) is 1.93. The summed E-state index contributed by atoms with van der Waals surface area (Å²) in [4.78, 5) is 8.47. The molecule has 4 heteroatoms. The van der Waals surface area contributed by atoms with Crippen molar-refractivity contribution >= 4 is 17.0 Å². The molecule has 104 valence electrons. The zero-order valence-electron chi connectivity index (χ0n) is 11.9. The normalized spacial score (nSPS) is 11.1. The highest BCUT2D eigenvalue weighted by molar-refractivity contribution is 5.82. The Balaban J connectivity index is 2.03. The molecule has 0 saturated carbocycles. The number of rotatable bonds is 6. The van der Waals surface area contributed by atoms with Crippen LogP contribution < -0.4 is 5.32 Å². The largest absolute Gasteiger partial charge is 0.383 e. The summed E-state index contributed by atoms with van der Waals surface area (Å²) in [6.45, 7) is 7.10. The van der Waals surface area contributed by atoms with Crippen LogP contribution in [0.3, 0.4) is 0 Å². The van der Waals surface area contributed by atoms with Gasteiger partial charge in [0.05, 0.1) is 12.1 Å². The van der Waals surface area contributed by atoms with E-state index in [2.05, 4.69) is 46.1 Å². The van der Waals surface area contributed by atoms with Crippen LogP contribution in [0, 0.1) is 6.92 Å². The van der Waals surface area contributed by atoms with E-state index in [1.54, 1.807) is 13.4 Å². The highest BCUT2D eigenvalue weighted by Crippen LogP contribution is 2.16. The average molecular weight is 269 g/mol. The van der Waals surface area contributed by atoms with Crippen LogP contribution in [0.15, 0.2) is 42.9 Å². The minimum atomic E-state index is 0.528. The maximum Gasteiger partial charge on any atom is 0.116 e. The number of aryl methyl sites for hydroxylation is 1. The van der Waals surface area contributed by atoms with Crippen molar-refractivity contribution in [2.45, 2.75) is 6.92 Å². The minimum Gasteiger partial charge on any atom is -0.383 e. The molecule has 0 unspecified atom stereocenters. The van der Waals surface area contributed by atoms with Crippen molar-refractivity contribution in [1.29, 1.82) is 0 Å². The van der Waals surface area contributed by atoms with Crippen LogP contribution in [0.5, 0.6) is 0 Å². The van der Waals surface area contributed by atoms with Crippen molar-refractivity contribution in [3.05, 3.63) is 54.1 Å². The summed E-state index contributed by atoms with van der Waals surface area (Å²) in [7, 11) is 1.65. The molecule has 0 bridgehead atoms. The third-order valence-electron chi connectivity index (χ3n) is 2.96. The second kappa shape index (κ2) is 6.82. The van der Waals surface area contributed by atoms with Crippen molar-refractivity contribution in [1.82, 2.24) is 15.3 Å². The number of ether oxygens (including phenoxy) is 1. The maximum absolute atomic E-state index is 4.98. The van der Waals surface area contributed by atoms with Crippen molar-refractivity contribution in [2.24, 2.45) is 0 Å². The Morgan fingerprint density at radius 1 is 1.40 bits per heavy atom. The van der Waals surface area contributed by atoms with Crippen LogP contribution >= 0.6 is 0 Å². The lowest BCUT2D eigenvalue weighted by Gasteiger charge is -2.05. The average Bonchev–Trinajstić information content (AvgIpc) is 2.45. The summed E-state index contributed by atoms with van der Waals surface area (Å²) in [5, 5.41) is 4.26. The molecular formula is C16H19N3O. The van der Waals surface area contributed by atoms with Crippen molar-refractivity contribution in [2.75, 3.05) is 20.3 Å². The highest BCUT2D eigenvalue weighted by Gasteiger charge is 1.99. The third-order valence-corrected chi connectivity index (χ3v) is 2.96. The number of nitrogens with one attached hydrogen (secondary N) is 1. The first-order valence-corrected chi connectivity index (χ1v) is 6.49. The van der Waals surface area contributed by atoms with Gasteiger partial charge in [0.2, 0.25) is 0 Å². The lowest BCUT2D eigenvalue weighted by Crippen LogP contribution is -2.15. The molecule has 2 rings (SSSR count). The van der Waals surface area contributed by atoms with Crippen LogP contribution in [0.1, 0.15) is 11.3 Å². The fourth-order valence-corrected chi connectivity index (χ4v) is 1.93. The van der Waals surface area contributed by atoms with E-state index in [9.17, 15) is 0 Å². The Kier molecular flexibility index (Phi) is 4.85. The second-order valence-corrected chi connectivity index (χ2v) is 4.56. The molecule has 0 aliphatic carbocycles. The number of hydrogen-bond donors (Lipinski definition) is 1. The van der Waals surface area contributed by atoms with Crippen molar-refractivity contribution in [3.63, 3.8) is 0 Å². The van der Waals surface area contributed by atoms with Crippen LogP contribution in [-0.4, -0.2) is 30.2 Å². The molecule has 0 spiro atoms. The molecule has 1 aromatic heterocycles. The van der Waals surface area contributed by atoms with Gasteiger partial charge in [-0.3, -0.25) is 0 Å². The lowest BCUT2D eigenvalue weighted by molar-refractivity contribution is 0.221. The van der Waals surface area contributed by atoms with E-state index in [0.717, 1.165) is 34.4 Å². The van der Waals surface area contributed by atoms with Gasteiger partial charge < -0.3 is 10.1 Å². The Labute approximate surface area is 119 Å². The number of fused-ring (bicyclic) bond motifs is 1. The molecule has 4 nitrogen and oxygen atoms in total. The summed E-state index contributed by atoms with van der Waals surface area (Å²) in [5.41, 5.74) is 3.98. The zero-order valence-corrected chi connectivity index (χ0v) is 11.9. The van der Waals surface area contributed by atoms with E-state index in [1.165, 1.54) is 0 Å². The van der Waals surface area contributed by atoms with E-state index >= 15 is 0 Å². The quantitative estimate of drug-likeness (QED) is 0.876. The summed E-state index contributed by atoms with van der Waals surface area (Å²) in [6.07, 6.45) is 5.72. The summed E-state index contributed by atoms with van der Waals surface area (Å²) < 4.78 is 4.98. The lowest BCUT2D eigenvalue weighted by atomic mass is 10.1. The summed E-state index contributed by atoms with van der Waals surface area (Å²) in [6, 6.07) is 6.17. The minimum absolute atomic E-state index is 0.528. The third kappa shape index (κ3) is 3.65. The van der Waals surface area contributed by atoms with Crippen molar-refractivity contribution < 1.29 is 4.74 Å². The molecule has 0 fully saturated rings. The molecule has 0 saturated heterocycles. The Morgan fingerprint density at radius 3 is 3.05 bits per heavy atom. The predicted molar refractivity (Wildman–Crippen MR) is 82.3 cm³/mol. The number of nitrogens with zero attached hydrogens (tertiary/aromatic N) is 2. The first-order chi connectivity index (χ1) is 9.70. The van der Waals surface area contributed by atoms with E-state index in [-0.39, 0.29) is 0 Å². The van der Waals surface area contributed by atoms with Crippen LogP contribution in [0.2, 0.25) is 0 Å². The molecule has 0 amide bonds. The summed E-state index contributed by atoms with van der Waals surface area (Å²) in [5.74, 6) is 0. The van der Waals surface area contributed by atoms with Crippen LogP contribution in [0.4, 0.5) is 0 Å². The van der Waals surface area contributed by atoms with Crippen LogP contribution in [0.25, 0.3) is 17.0 Å². The Bertz CT molecular complexity index is 635. The molecule has 1 aromatic carbocycles. The first-order valence-electron chi connectivity index (χ1n) is 6.49. The standard InChI is InChI=1S/C16H19N3O/c1-12(10-20-3)17-8-4-5-14-6-7-16-15(9-14)13(2)18-11-19-16/h4-7,9,11,17H,1,8,10H2,2-3H3/b5-4+. The summed E-state index contributed by atoms with van der Waals surface area (Å²) >= 11 is 0. The topological polar surface area (TPSA) is 47.0 Å². The van der Waals surface area contributed by atoms with Crippen molar-refractivity contribution in [3.8, 4) is 0 Å². The van der Waals surface area contributed by atoms with Gasteiger partial charge in [-0.1, -0.05) is 24.8 Å².